The van der Waals surface area contributed by atoms with Crippen LogP contribution in [0.3, 0.4) is 0 Å². The van der Waals surface area contributed by atoms with Crippen LogP contribution in [0.4, 0.5) is 0 Å². The number of hydrogen-bond donors (Lipinski definition) is 3. The molecule has 1 atom stereocenters. The fourth-order valence-electron chi connectivity index (χ4n) is 2.48. The van der Waals surface area contributed by atoms with Gasteiger partial charge in [-0.15, -0.1) is 0 Å². The Morgan fingerprint density at radius 2 is 1.36 bits per heavy atom. The molecule has 2 aromatic carbocycles. The van der Waals surface area contributed by atoms with Crippen molar-refractivity contribution in [1.29, 1.82) is 0 Å². The summed E-state index contributed by atoms with van der Waals surface area (Å²) in [5.74, 6) is -0.872. The zero-order valence-electron chi connectivity index (χ0n) is 16.4. The standard InChI is InChI=1S/C21H25N3O4/c1-13(2)18(22-19(25)15-9-11-17(28-4)12-10-15)21(27)24-23-20(26)16-7-5-14(3)6-8-16/h5-13,18H,1-4H3,(H,22,25)(H,23,26)(H,24,27)/t18-/m0/s1. The molecule has 3 N–H and O–H groups in total. The van der Waals surface area contributed by atoms with Crippen molar-refractivity contribution >= 4 is 17.7 Å². The van der Waals surface area contributed by atoms with Gasteiger partial charge in [0, 0.05) is 11.1 Å². The van der Waals surface area contributed by atoms with Crippen molar-refractivity contribution < 1.29 is 19.1 Å². The maximum absolute atomic E-state index is 12.5. The van der Waals surface area contributed by atoms with Crippen molar-refractivity contribution in [3.8, 4) is 5.75 Å². The maximum atomic E-state index is 12.5. The van der Waals surface area contributed by atoms with Gasteiger partial charge in [0.05, 0.1) is 7.11 Å². The highest BCUT2D eigenvalue weighted by atomic mass is 16.5. The molecular formula is C21H25N3O4. The van der Waals surface area contributed by atoms with Crippen molar-refractivity contribution in [2.75, 3.05) is 7.11 Å². The minimum absolute atomic E-state index is 0.182. The minimum atomic E-state index is -0.812. The van der Waals surface area contributed by atoms with Gasteiger partial charge < -0.3 is 10.1 Å². The predicted molar refractivity (Wildman–Crippen MR) is 106 cm³/mol. The topological polar surface area (TPSA) is 96.5 Å². The summed E-state index contributed by atoms with van der Waals surface area (Å²) < 4.78 is 5.07. The molecular weight excluding hydrogens is 358 g/mol. The van der Waals surface area contributed by atoms with Crippen molar-refractivity contribution in [1.82, 2.24) is 16.2 Å². The number of carbonyl (C=O) groups is 3. The molecule has 7 heteroatoms. The number of aryl methyl sites for hydroxylation is 1. The van der Waals surface area contributed by atoms with Crippen LogP contribution in [0.15, 0.2) is 48.5 Å². The van der Waals surface area contributed by atoms with Crippen molar-refractivity contribution in [2.24, 2.45) is 5.92 Å². The molecule has 0 bridgehead atoms. The first-order valence-corrected chi connectivity index (χ1v) is 8.93. The molecule has 2 rings (SSSR count). The van der Waals surface area contributed by atoms with Gasteiger partial charge in [-0.1, -0.05) is 31.5 Å². The summed E-state index contributed by atoms with van der Waals surface area (Å²) in [6.45, 7) is 5.53. The summed E-state index contributed by atoms with van der Waals surface area (Å²) in [7, 11) is 1.54. The third kappa shape index (κ3) is 5.57. The van der Waals surface area contributed by atoms with E-state index in [-0.39, 0.29) is 11.8 Å². The number of nitrogens with one attached hydrogen (secondary N) is 3. The van der Waals surface area contributed by atoms with Crippen LogP contribution in [0, 0.1) is 12.8 Å². The average Bonchev–Trinajstić information content (AvgIpc) is 2.70. The molecule has 7 nitrogen and oxygen atoms in total. The molecule has 2 aromatic rings. The predicted octanol–water partition coefficient (Wildman–Crippen LogP) is 2.22. The van der Waals surface area contributed by atoms with Gasteiger partial charge in [0.2, 0.25) is 0 Å². The molecule has 0 saturated heterocycles. The highest BCUT2D eigenvalue weighted by Crippen LogP contribution is 2.12. The highest BCUT2D eigenvalue weighted by Gasteiger charge is 2.25. The molecule has 0 heterocycles. The van der Waals surface area contributed by atoms with E-state index in [0.717, 1.165) is 5.56 Å². The molecule has 0 aliphatic rings. The summed E-state index contributed by atoms with van der Waals surface area (Å²) in [6.07, 6.45) is 0. The van der Waals surface area contributed by atoms with Gasteiger partial charge >= 0.3 is 0 Å². The molecule has 3 amide bonds. The second-order valence-electron chi connectivity index (χ2n) is 6.73. The summed E-state index contributed by atoms with van der Waals surface area (Å²) in [5, 5.41) is 2.70. The summed E-state index contributed by atoms with van der Waals surface area (Å²) >= 11 is 0. The Bertz CT molecular complexity index is 830. The number of methoxy groups -OCH3 is 1. The minimum Gasteiger partial charge on any atom is -0.497 e. The first kappa shape index (κ1) is 21.0. The summed E-state index contributed by atoms with van der Waals surface area (Å²) in [5.41, 5.74) is 6.61. The van der Waals surface area contributed by atoms with Crippen LogP contribution in [-0.4, -0.2) is 30.9 Å². The average molecular weight is 383 g/mol. The number of hydrazine groups is 1. The van der Waals surface area contributed by atoms with Gasteiger partial charge in [-0.3, -0.25) is 25.2 Å². The van der Waals surface area contributed by atoms with Gasteiger partial charge in [0.15, 0.2) is 0 Å². The zero-order chi connectivity index (χ0) is 20.7. The molecule has 0 unspecified atom stereocenters. The van der Waals surface area contributed by atoms with E-state index in [1.54, 1.807) is 57.4 Å². The van der Waals surface area contributed by atoms with E-state index in [1.165, 1.54) is 0 Å². The summed E-state index contributed by atoms with van der Waals surface area (Å²) in [6, 6.07) is 12.7. The molecule has 0 aliphatic carbocycles. The number of ether oxygens (including phenoxy) is 1. The molecule has 0 saturated carbocycles. The van der Waals surface area contributed by atoms with Crippen LogP contribution in [0.5, 0.6) is 5.75 Å². The Morgan fingerprint density at radius 1 is 0.821 bits per heavy atom. The Labute approximate surface area is 164 Å². The van der Waals surface area contributed by atoms with Crippen LogP contribution >= 0.6 is 0 Å². The Balaban J connectivity index is 1.97. The lowest BCUT2D eigenvalue weighted by Gasteiger charge is -2.22. The lowest BCUT2D eigenvalue weighted by molar-refractivity contribution is -0.124. The lowest BCUT2D eigenvalue weighted by atomic mass is 10.0. The molecule has 0 spiro atoms. The van der Waals surface area contributed by atoms with E-state index in [9.17, 15) is 14.4 Å². The van der Waals surface area contributed by atoms with Crippen LogP contribution in [-0.2, 0) is 4.79 Å². The van der Waals surface area contributed by atoms with E-state index in [1.807, 2.05) is 19.1 Å². The highest BCUT2D eigenvalue weighted by molar-refractivity contribution is 5.99. The summed E-state index contributed by atoms with van der Waals surface area (Å²) in [4.78, 5) is 37.0. The van der Waals surface area contributed by atoms with Crippen molar-refractivity contribution in [2.45, 2.75) is 26.8 Å². The third-order valence-corrected chi connectivity index (χ3v) is 4.20. The largest absolute Gasteiger partial charge is 0.497 e. The maximum Gasteiger partial charge on any atom is 0.269 e. The van der Waals surface area contributed by atoms with E-state index < -0.39 is 17.9 Å². The van der Waals surface area contributed by atoms with Gasteiger partial charge in [-0.2, -0.15) is 0 Å². The normalized spacial score (nSPS) is 11.5. The first-order valence-electron chi connectivity index (χ1n) is 8.93. The van der Waals surface area contributed by atoms with Crippen molar-refractivity contribution in [3.63, 3.8) is 0 Å². The Morgan fingerprint density at radius 3 is 1.89 bits per heavy atom. The third-order valence-electron chi connectivity index (χ3n) is 4.20. The number of hydrogen-bond acceptors (Lipinski definition) is 4. The fraction of sp³-hybridized carbons (Fsp3) is 0.286. The SMILES string of the molecule is COc1ccc(C(=O)N[C@H](C(=O)NNC(=O)c2ccc(C)cc2)C(C)C)cc1. The second-order valence-corrected chi connectivity index (χ2v) is 6.73. The molecule has 0 radical (unpaired) electrons. The fourth-order valence-corrected chi connectivity index (χ4v) is 2.48. The van der Waals surface area contributed by atoms with Crippen LogP contribution in [0.2, 0.25) is 0 Å². The quantitative estimate of drug-likeness (QED) is 0.667. The Hall–Kier alpha value is -3.35. The monoisotopic (exact) mass is 383 g/mol. The number of benzene rings is 2. The van der Waals surface area contributed by atoms with Crippen LogP contribution in [0.1, 0.15) is 40.1 Å². The van der Waals surface area contributed by atoms with E-state index in [2.05, 4.69) is 16.2 Å². The van der Waals surface area contributed by atoms with E-state index in [0.29, 0.717) is 16.9 Å². The van der Waals surface area contributed by atoms with Gasteiger partial charge in [-0.25, -0.2) is 0 Å². The van der Waals surface area contributed by atoms with Gasteiger partial charge in [0.1, 0.15) is 11.8 Å². The Kier molecular flexibility index (Phi) is 7.14. The van der Waals surface area contributed by atoms with Crippen molar-refractivity contribution in [3.05, 3.63) is 65.2 Å². The first-order chi connectivity index (χ1) is 13.3. The second kappa shape index (κ2) is 9.55. The number of rotatable bonds is 6. The van der Waals surface area contributed by atoms with E-state index in [4.69, 9.17) is 4.74 Å². The van der Waals surface area contributed by atoms with Crippen LogP contribution in [0.25, 0.3) is 0 Å². The molecule has 0 fully saturated rings. The number of carbonyl (C=O) groups excluding carboxylic acids is 3. The molecule has 148 valence electrons. The van der Waals surface area contributed by atoms with E-state index >= 15 is 0 Å². The smallest absolute Gasteiger partial charge is 0.269 e. The van der Waals surface area contributed by atoms with Gasteiger partial charge in [-0.05, 0) is 49.2 Å². The number of amides is 3. The van der Waals surface area contributed by atoms with Crippen LogP contribution < -0.4 is 20.9 Å². The lowest BCUT2D eigenvalue weighted by Crippen LogP contribution is -2.54. The molecule has 0 aromatic heterocycles. The van der Waals surface area contributed by atoms with Gasteiger partial charge in [0.25, 0.3) is 17.7 Å². The molecule has 28 heavy (non-hydrogen) atoms. The zero-order valence-corrected chi connectivity index (χ0v) is 16.4. The molecule has 0 aliphatic heterocycles.